The molecule has 0 aliphatic heterocycles. The second-order valence-corrected chi connectivity index (χ2v) is 9.22. The number of hydrogen-bond acceptors (Lipinski definition) is 6. The van der Waals surface area contributed by atoms with Crippen LogP contribution in [-0.2, 0) is 6.18 Å². The van der Waals surface area contributed by atoms with Crippen LogP contribution in [-0.4, -0.2) is 26.3 Å². The van der Waals surface area contributed by atoms with E-state index in [-0.39, 0.29) is 23.0 Å². The summed E-state index contributed by atoms with van der Waals surface area (Å²) in [5, 5.41) is 6.91. The van der Waals surface area contributed by atoms with Crippen molar-refractivity contribution in [3.63, 3.8) is 0 Å². The Kier molecular flexibility index (Phi) is 6.88. The first-order valence-corrected chi connectivity index (χ1v) is 12.2. The molecule has 0 bridgehead atoms. The molecule has 11 heteroatoms. The number of hydrogen-bond donors (Lipinski definition) is 1. The van der Waals surface area contributed by atoms with E-state index in [1.807, 2.05) is 13.0 Å². The zero-order valence-corrected chi connectivity index (χ0v) is 21.6. The third-order valence-corrected chi connectivity index (χ3v) is 6.29. The minimum absolute atomic E-state index is 0.0488. The molecule has 3 aromatic heterocycles. The molecule has 0 fully saturated rings. The summed E-state index contributed by atoms with van der Waals surface area (Å²) in [6.07, 6.45) is -3.03. The lowest BCUT2D eigenvalue weighted by Crippen LogP contribution is -2.13. The van der Waals surface area contributed by atoms with Gasteiger partial charge in [-0.25, -0.2) is 9.50 Å². The second-order valence-electron chi connectivity index (χ2n) is 9.22. The van der Waals surface area contributed by atoms with Gasteiger partial charge in [0.25, 0.3) is 5.91 Å². The summed E-state index contributed by atoms with van der Waals surface area (Å²) in [5.74, 6) is 1.02. The second kappa shape index (κ2) is 10.3. The summed E-state index contributed by atoms with van der Waals surface area (Å²) >= 11 is 0. The first-order chi connectivity index (χ1) is 19.0. The number of carbonyl (C=O) groups excluding carboxylic acids is 2. The molecule has 0 saturated carbocycles. The predicted molar refractivity (Wildman–Crippen MR) is 140 cm³/mol. The molecule has 5 aromatic rings. The molecule has 1 N–H and O–H groups in total. The van der Waals surface area contributed by atoms with Crippen molar-refractivity contribution in [1.82, 2.24) is 14.6 Å². The van der Waals surface area contributed by atoms with Crippen LogP contribution in [0.2, 0.25) is 0 Å². The highest BCUT2D eigenvalue weighted by atomic mass is 19.4. The van der Waals surface area contributed by atoms with Gasteiger partial charge in [-0.1, -0.05) is 19.1 Å². The summed E-state index contributed by atoms with van der Waals surface area (Å²) in [6, 6.07) is 16.0. The third-order valence-electron chi connectivity index (χ3n) is 6.29. The van der Waals surface area contributed by atoms with Crippen LogP contribution in [0.5, 0.6) is 11.6 Å². The van der Waals surface area contributed by atoms with E-state index in [0.717, 1.165) is 29.8 Å². The van der Waals surface area contributed by atoms with Crippen LogP contribution in [0.25, 0.3) is 5.65 Å². The Balaban J connectivity index is 1.29. The Hall–Kier alpha value is -4.93. The van der Waals surface area contributed by atoms with Crippen molar-refractivity contribution in [2.24, 2.45) is 0 Å². The average Bonchev–Trinajstić information content (AvgIpc) is 3.48. The van der Waals surface area contributed by atoms with Crippen molar-refractivity contribution in [3.8, 4) is 11.6 Å². The highest BCUT2D eigenvalue weighted by Crippen LogP contribution is 2.30. The van der Waals surface area contributed by atoms with Crippen LogP contribution in [0.1, 0.15) is 56.2 Å². The molecule has 5 rings (SSSR count). The summed E-state index contributed by atoms with van der Waals surface area (Å²) in [6.45, 7) is 5.37. The lowest BCUT2D eigenvalue weighted by Gasteiger charge is -2.12. The summed E-state index contributed by atoms with van der Waals surface area (Å²) < 4.78 is 51.1. The molecule has 204 valence electrons. The van der Waals surface area contributed by atoms with Gasteiger partial charge in [0.05, 0.1) is 17.3 Å². The number of amides is 1. The predicted octanol–water partition coefficient (Wildman–Crippen LogP) is 6.99. The number of aryl methyl sites for hydroxylation is 2. The van der Waals surface area contributed by atoms with Gasteiger partial charge < -0.3 is 14.5 Å². The van der Waals surface area contributed by atoms with Gasteiger partial charge >= 0.3 is 6.18 Å². The van der Waals surface area contributed by atoms with Gasteiger partial charge in [0.1, 0.15) is 17.3 Å². The van der Waals surface area contributed by atoms with Gasteiger partial charge in [0, 0.05) is 17.5 Å². The first kappa shape index (κ1) is 26.7. The molecular formula is C29H23F3N4O4. The molecule has 0 radical (unpaired) electrons. The van der Waals surface area contributed by atoms with Gasteiger partial charge in [-0.3, -0.25) is 9.59 Å². The van der Waals surface area contributed by atoms with E-state index >= 15 is 0 Å². The number of aromatic nitrogens is 3. The van der Waals surface area contributed by atoms with Gasteiger partial charge in [0.15, 0.2) is 17.2 Å². The van der Waals surface area contributed by atoms with Crippen molar-refractivity contribution in [3.05, 3.63) is 107 Å². The van der Waals surface area contributed by atoms with Crippen LogP contribution in [0.15, 0.2) is 77.3 Å². The first-order valence-electron chi connectivity index (χ1n) is 12.2. The number of benzene rings is 2. The van der Waals surface area contributed by atoms with Crippen molar-refractivity contribution in [1.29, 1.82) is 0 Å². The molecule has 0 saturated heterocycles. The monoisotopic (exact) mass is 548 g/mol. The number of fused-ring (bicyclic) bond motifs is 1. The maximum atomic E-state index is 13.0. The number of nitrogens with one attached hydrogen (secondary N) is 1. The standard InChI is InChI=1S/C29H23F3N4O4/c1-16-13-23(18(3)39-16)27(37)17(2)20-5-4-6-22(14-20)40-26-12-11-25-33-24(15-36(25)35-26)34-28(38)19-7-9-21(10-8-19)29(30,31)32/h4-15,17H,1-3H3,(H,34,38). The van der Waals surface area contributed by atoms with Crippen LogP contribution < -0.4 is 10.1 Å². The topological polar surface area (TPSA) is 98.7 Å². The number of Topliss-reactive ketones (excluding diaryl/α,β-unsaturated/α-hetero) is 1. The number of alkyl halides is 3. The van der Waals surface area contributed by atoms with Crippen LogP contribution in [0.3, 0.4) is 0 Å². The molecular weight excluding hydrogens is 525 g/mol. The van der Waals surface area contributed by atoms with Crippen LogP contribution in [0, 0.1) is 13.8 Å². The number of ether oxygens (including phenoxy) is 1. The van der Waals surface area contributed by atoms with E-state index < -0.39 is 23.6 Å². The summed E-state index contributed by atoms with van der Waals surface area (Å²) in [4.78, 5) is 29.8. The van der Waals surface area contributed by atoms with Crippen molar-refractivity contribution < 1.29 is 31.9 Å². The zero-order chi connectivity index (χ0) is 28.6. The molecule has 0 aliphatic carbocycles. The van der Waals surface area contributed by atoms with Crippen molar-refractivity contribution in [2.75, 3.05) is 5.32 Å². The fourth-order valence-electron chi connectivity index (χ4n) is 4.21. The van der Waals surface area contributed by atoms with Crippen molar-refractivity contribution >= 4 is 23.2 Å². The van der Waals surface area contributed by atoms with E-state index in [9.17, 15) is 22.8 Å². The number of halogens is 3. The van der Waals surface area contributed by atoms with Gasteiger partial charge in [-0.05, 0) is 67.9 Å². The Labute approximate surface area is 226 Å². The molecule has 3 heterocycles. The van der Waals surface area contributed by atoms with E-state index in [1.165, 1.54) is 10.7 Å². The quantitative estimate of drug-likeness (QED) is 0.220. The molecule has 1 atom stereocenters. The number of carbonyl (C=O) groups is 2. The number of anilines is 1. The number of furan rings is 1. The normalized spacial score (nSPS) is 12.3. The van der Waals surface area contributed by atoms with Gasteiger partial charge in [-0.15, -0.1) is 5.10 Å². The zero-order valence-electron chi connectivity index (χ0n) is 21.6. The lowest BCUT2D eigenvalue weighted by molar-refractivity contribution is -0.137. The highest BCUT2D eigenvalue weighted by molar-refractivity contribution is 6.04. The summed E-state index contributed by atoms with van der Waals surface area (Å²) in [7, 11) is 0. The maximum Gasteiger partial charge on any atom is 0.416 e. The smallest absolute Gasteiger partial charge is 0.416 e. The van der Waals surface area contributed by atoms with E-state index in [4.69, 9.17) is 9.15 Å². The highest BCUT2D eigenvalue weighted by Gasteiger charge is 2.30. The molecule has 2 aromatic carbocycles. The fourth-order valence-corrected chi connectivity index (χ4v) is 4.21. The number of nitrogens with zero attached hydrogens (tertiary/aromatic N) is 3. The Bertz CT molecular complexity index is 1720. The lowest BCUT2D eigenvalue weighted by atomic mass is 9.92. The Morgan fingerprint density at radius 2 is 1.77 bits per heavy atom. The van der Waals surface area contributed by atoms with Gasteiger partial charge in [-0.2, -0.15) is 13.2 Å². The number of rotatable bonds is 7. The maximum absolute atomic E-state index is 13.0. The number of ketones is 1. The Morgan fingerprint density at radius 3 is 2.45 bits per heavy atom. The molecule has 1 amide bonds. The molecule has 0 aliphatic rings. The van der Waals surface area contributed by atoms with Gasteiger partial charge in [0.2, 0.25) is 5.88 Å². The molecule has 0 spiro atoms. The van der Waals surface area contributed by atoms with Crippen LogP contribution in [0.4, 0.5) is 19.0 Å². The average molecular weight is 549 g/mol. The Morgan fingerprint density at radius 1 is 1.02 bits per heavy atom. The minimum atomic E-state index is -4.49. The van der Waals surface area contributed by atoms with E-state index in [0.29, 0.717) is 28.5 Å². The van der Waals surface area contributed by atoms with E-state index in [1.54, 1.807) is 50.2 Å². The minimum Gasteiger partial charge on any atom is -0.466 e. The SMILES string of the molecule is Cc1cc(C(=O)C(C)c2cccc(Oc3ccc4nc(NC(=O)c5ccc(C(F)(F)F)cc5)cn4n3)c2)c(C)o1. The third kappa shape index (κ3) is 5.58. The molecule has 1 unspecified atom stereocenters. The van der Waals surface area contributed by atoms with Crippen LogP contribution >= 0.6 is 0 Å². The largest absolute Gasteiger partial charge is 0.466 e. The summed E-state index contributed by atoms with van der Waals surface area (Å²) in [5.41, 5.74) is 0.923. The van der Waals surface area contributed by atoms with E-state index in [2.05, 4.69) is 15.4 Å². The molecule has 40 heavy (non-hydrogen) atoms. The number of imidazole rings is 1. The molecule has 8 nitrogen and oxygen atoms in total. The van der Waals surface area contributed by atoms with Crippen molar-refractivity contribution in [2.45, 2.75) is 32.9 Å². The fraction of sp³-hybridized carbons (Fsp3) is 0.172.